The maximum absolute atomic E-state index is 4.39. The highest BCUT2D eigenvalue weighted by atomic mass is 15.0. The molecule has 2 aromatic heterocycles. The molecule has 0 bridgehead atoms. The van der Waals surface area contributed by atoms with Gasteiger partial charge in [-0.15, -0.1) is 0 Å². The molecule has 0 aliphatic carbocycles. The molecule has 1 N–H and O–H groups in total. The number of hydrogen-bond acceptors (Lipinski definition) is 1. The van der Waals surface area contributed by atoms with Crippen molar-refractivity contribution in [1.82, 2.24) is 14.5 Å². The number of imidazole rings is 1. The largest absolute Gasteiger partial charge is 0.361 e. The minimum Gasteiger partial charge on any atom is -0.361 e. The summed E-state index contributed by atoms with van der Waals surface area (Å²) in [5.41, 5.74) is 3.41. The Kier molecular flexibility index (Phi) is 2.25. The first kappa shape index (κ1) is 10.1. The Morgan fingerprint density at radius 3 is 2.88 bits per heavy atom. The molecule has 2 heterocycles. The van der Waals surface area contributed by atoms with Crippen LogP contribution in [0, 0.1) is 5.92 Å². The molecule has 3 heteroatoms. The van der Waals surface area contributed by atoms with Crippen LogP contribution in [0.2, 0.25) is 0 Å². The predicted molar refractivity (Wildman–Crippen MR) is 68.6 cm³/mol. The molecule has 0 aliphatic rings. The van der Waals surface area contributed by atoms with Gasteiger partial charge in [-0.25, -0.2) is 4.98 Å². The maximum Gasteiger partial charge on any atom is 0.0947 e. The van der Waals surface area contributed by atoms with E-state index >= 15 is 0 Å². The summed E-state index contributed by atoms with van der Waals surface area (Å²) in [4.78, 5) is 7.68. The first-order chi connectivity index (χ1) is 8.25. The lowest BCUT2D eigenvalue weighted by Gasteiger charge is -2.06. The van der Waals surface area contributed by atoms with Crippen molar-refractivity contribution in [3.8, 4) is 0 Å². The van der Waals surface area contributed by atoms with Crippen LogP contribution in [-0.2, 0) is 7.05 Å². The van der Waals surface area contributed by atoms with Crippen molar-refractivity contribution in [2.45, 2.75) is 6.92 Å². The fraction of sp³-hybridized carbons (Fsp3) is 0.143. The monoisotopic (exact) mass is 224 g/mol. The summed E-state index contributed by atoms with van der Waals surface area (Å²) in [7, 11) is 1.99. The Bertz CT molecular complexity index is 648. The summed E-state index contributed by atoms with van der Waals surface area (Å²) in [6, 6.07) is 8.32. The van der Waals surface area contributed by atoms with Gasteiger partial charge in [0.2, 0.25) is 0 Å². The first-order valence-electron chi connectivity index (χ1n) is 5.64. The molecule has 1 aromatic carbocycles. The zero-order valence-electron chi connectivity index (χ0n) is 9.94. The molecular weight excluding hydrogens is 210 g/mol. The highest BCUT2D eigenvalue weighted by Crippen LogP contribution is 2.28. The molecular formula is C14H14N3. The van der Waals surface area contributed by atoms with Crippen molar-refractivity contribution in [2.75, 3.05) is 0 Å². The van der Waals surface area contributed by atoms with E-state index in [2.05, 4.69) is 41.3 Å². The second kappa shape index (κ2) is 3.77. The number of H-pyrrole nitrogens is 1. The van der Waals surface area contributed by atoms with Crippen LogP contribution in [0.3, 0.4) is 0 Å². The molecule has 0 amide bonds. The van der Waals surface area contributed by atoms with E-state index in [1.54, 1.807) is 0 Å². The number of nitrogens with zero attached hydrogens (tertiary/aromatic N) is 2. The number of fused-ring (bicyclic) bond motifs is 1. The average Bonchev–Trinajstić information content (AvgIpc) is 2.94. The third-order valence-corrected chi connectivity index (χ3v) is 3.08. The highest BCUT2D eigenvalue weighted by molar-refractivity contribution is 5.85. The number of hydrogen-bond donors (Lipinski definition) is 1. The zero-order valence-corrected chi connectivity index (χ0v) is 9.94. The van der Waals surface area contributed by atoms with Crippen LogP contribution in [0.5, 0.6) is 0 Å². The minimum absolute atomic E-state index is 1.03. The first-order valence-corrected chi connectivity index (χ1v) is 5.64. The van der Waals surface area contributed by atoms with Gasteiger partial charge in [0.05, 0.1) is 17.9 Å². The van der Waals surface area contributed by atoms with Crippen molar-refractivity contribution in [3.63, 3.8) is 0 Å². The molecule has 0 atom stereocenters. The van der Waals surface area contributed by atoms with E-state index in [1.807, 2.05) is 30.2 Å². The van der Waals surface area contributed by atoms with Gasteiger partial charge in [0.1, 0.15) is 0 Å². The van der Waals surface area contributed by atoms with Crippen molar-refractivity contribution in [2.24, 2.45) is 7.05 Å². The van der Waals surface area contributed by atoms with Crippen molar-refractivity contribution >= 4 is 10.9 Å². The maximum atomic E-state index is 4.39. The highest BCUT2D eigenvalue weighted by Gasteiger charge is 2.15. The zero-order chi connectivity index (χ0) is 11.8. The summed E-state index contributed by atoms with van der Waals surface area (Å²) in [5, 5.41) is 1.25. The molecule has 0 fully saturated rings. The van der Waals surface area contributed by atoms with Gasteiger partial charge in [0, 0.05) is 30.3 Å². The molecule has 3 rings (SSSR count). The van der Waals surface area contributed by atoms with Crippen LogP contribution in [-0.4, -0.2) is 14.5 Å². The number of aryl methyl sites for hydroxylation is 1. The van der Waals surface area contributed by atoms with Crippen molar-refractivity contribution < 1.29 is 0 Å². The fourth-order valence-corrected chi connectivity index (χ4v) is 2.13. The Labute approximate surface area is 100 Å². The van der Waals surface area contributed by atoms with E-state index in [0.717, 1.165) is 11.2 Å². The van der Waals surface area contributed by atoms with Gasteiger partial charge < -0.3 is 9.55 Å². The number of benzene rings is 1. The summed E-state index contributed by atoms with van der Waals surface area (Å²) in [6.07, 6.45) is 5.92. The molecule has 85 valence electrons. The van der Waals surface area contributed by atoms with Crippen LogP contribution < -0.4 is 0 Å². The fourth-order valence-electron chi connectivity index (χ4n) is 2.13. The smallest absolute Gasteiger partial charge is 0.0947 e. The number of rotatable bonds is 2. The van der Waals surface area contributed by atoms with E-state index in [1.165, 1.54) is 16.9 Å². The minimum atomic E-state index is 1.03. The van der Waals surface area contributed by atoms with Crippen LogP contribution >= 0.6 is 0 Å². The van der Waals surface area contributed by atoms with Crippen LogP contribution in [0.4, 0.5) is 0 Å². The Hall–Kier alpha value is -2.03. The van der Waals surface area contributed by atoms with Crippen LogP contribution in [0.1, 0.15) is 18.2 Å². The second-order valence-electron chi connectivity index (χ2n) is 4.30. The molecule has 3 aromatic rings. The van der Waals surface area contributed by atoms with Gasteiger partial charge in [0.25, 0.3) is 0 Å². The summed E-state index contributed by atoms with van der Waals surface area (Å²) < 4.78 is 1.97. The normalized spacial score (nSPS) is 11.5. The number of nitrogens with one attached hydrogen (secondary N) is 1. The lowest BCUT2D eigenvalue weighted by atomic mass is 9.98. The van der Waals surface area contributed by atoms with Crippen LogP contribution in [0.15, 0.2) is 43.0 Å². The van der Waals surface area contributed by atoms with Gasteiger partial charge in [-0.3, -0.25) is 0 Å². The van der Waals surface area contributed by atoms with Crippen LogP contribution in [0.25, 0.3) is 10.9 Å². The molecule has 17 heavy (non-hydrogen) atoms. The molecule has 0 unspecified atom stereocenters. The topological polar surface area (TPSA) is 33.6 Å². The third-order valence-electron chi connectivity index (χ3n) is 3.08. The number of aromatic nitrogens is 3. The van der Waals surface area contributed by atoms with E-state index in [0.29, 0.717) is 0 Å². The van der Waals surface area contributed by atoms with Gasteiger partial charge in [0.15, 0.2) is 0 Å². The van der Waals surface area contributed by atoms with Gasteiger partial charge in [-0.2, -0.15) is 0 Å². The average molecular weight is 224 g/mol. The summed E-state index contributed by atoms with van der Waals surface area (Å²) >= 11 is 0. The van der Waals surface area contributed by atoms with Crippen molar-refractivity contribution in [1.29, 1.82) is 0 Å². The summed E-state index contributed by atoms with van der Waals surface area (Å²) in [6.45, 7) is 2.11. The Morgan fingerprint density at radius 1 is 1.29 bits per heavy atom. The lowest BCUT2D eigenvalue weighted by Crippen LogP contribution is -1.96. The Morgan fingerprint density at radius 2 is 2.12 bits per heavy atom. The van der Waals surface area contributed by atoms with E-state index in [-0.39, 0.29) is 0 Å². The lowest BCUT2D eigenvalue weighted by molar-refractivity contribution is 0.912. The molecule has 0 spiro atoms. The third kappa shape index (κ3) is 1.64. The summed E-state index contributed by atoms with van der Waals surface area (Å²) in [5.74, 6) is 1.20. The molecule has 1 radical (unpaired) electrons. The number of para-hydroxylation sites is 1. The number of aromatic amines is 1. The van der Waals surface area contributed by atoms with E-state index in [4.69, 9.17) is 0 Å². The Balaban J connectivity index is 2.09. The van der Waals surface area contributed by atoms with E-state index in [9.17, 15) is 0 Å². The second-order valence-corrected chi connectivity index (χ2v) is 4.30. The molecule has 0 aliphatic heterocycles. The quantitative estimate of drug-likeness (QED) is 0.713. The molecule has 0 saturated heterocycles. The SMILES string of the molecule is C[C](c1cn(C)cn1)c1c[nH]c2ccccc12. The molecule has 3 nitrogen and oxygen atoms in total. The van der Waals surface area contributed by atoms with Crippen molar-refractivity contribution in [3.05, 3.63) is 60.2 Å². The predicted octanol–water partition coefficient (Wildman–Crippen LogP) is 2.89. The van der Waals surface area contributed by atoms with E-state index < -0.39 is 0 Å². The van der Waals surface area contributed by atoms with Gasteiger partial charge in [-0.05, 0) is 18.6 Å². The standard InChI is InChI=1S/C14H14N3/c1-10(14-8-17(2)9-16-14)12-7-15-13-6-4-3-5-11(12)13/h3-9,15H,1-2H3. The van der Waals surface area contributed by atoms with Gasteiger partial charge >= 0.3 is 0 Å². The van der Waals surface area contributed by atoms with Gasteiger partial charge in [-0.1, -0.05) is 18.2 Å². The molecule has 0 saturated carbocycles.